The molecule has 3 rings (SSSR count). The van der Waals surface area contributed by atoms with Gasteiger partial charge in [-0.3, -0.25) is 9.69 Å². The van der Waals surface area contributed by atoms with Gasteiger partial charge in [-0.2, -0.15) is 0 Å². The van der Waals surface area contributed by atoms with Gasteiger partial charge in [0.15, 0.2) is 0 Å². The van der Waals surface area contributed by atoms with Crippen LogP contribution >= 0.6 is 11.8 Å². The SMILES string of the molecule is CC.CN1CSC[C@H]1C(=O)N1CCC(Cc2ccccc2)CC1. The molecule has 0 radical (unpaired) electrons. The van der Waals surface area contributed by atoms with E-state index < -0.39 is 0 Å². The summed E-state index contributed by atoms with van der Waals surface area (Å²) in [7, 11) is 2.06. The Hall–Kier alpha value is -1.00. The third kappa shape index (κ3) is 4.98. The van der Waals surface area contributed by atoms with Crippen molar-refractivity contribution in [1.82, 2.24) is 9.80 Å². The van der Waals surface area contributed by atoms with Crippen LogP contribution in [-0.4, -0.2) is 53.5 Å². The maximum absolute atomic E-state index is 12.5. The van der Waals surface area contributed by atoms with Crippen LogP contribution < -0.4 is 0 Å². The van der Waals surface area contributed by atoms with Crippen molar-refractivity contribution < 1.29 is 4.79 Å². The topological polar surface area (TPSA) is 23.6 Å². The Morgan fingerprint density at radius 1 is 1.17 bits per heavy atom. The molecule has 0 saturated carbocycles. The Balaban J connectivity index is 0.000000924. The van der Waals surface area contributed by atoms with Crippen LogP contribution in [0, 0.1) is 5.92 Å². The van der Waals surface area contributed by atoms with E-state index in [1.807, 2.05) is 25.6 Å². The predicted octanol–water partition coefficient (Wildman–Crippen LogP) is 3.50. The summed E-state index contributed by atoms with van der Waals surface area (Å²) >= 11 is 1.86. The predicted molar refractivity (Wildman–Crippen MR) is 99.7 cm³/mol. The summed E-state index contributed by atoms with van der Waals surface area (Å²) in [5, 5.41) is 0. The molecule has 2 heterocycles. The quantitative estimate of drug-likeness (QED) is 0.845. The van der Waals surface area contributed by atoms with Crippen LogP contribution in [0.5, 0.6) is 0 Å². The molecule has 0 unspecified atom stereocenters. The van der Waals surface area contributed by atoms with Crippen LogP contribution in [0.4, 0.5) is 0 Å². The number of hydrogen-bond acceptors (Lipinski definition) is 3. The number of piperidine rings is 1. The molecule has 1 aromatic rings. The van der Waals surface area contributed by atoms with Crippen molar-refractivity contribution in [2.75, 3.05) is 31.8 Å². The van der Waals surface area contributed by atoms with E-state index in [1.54, 1.807) is 0 Å². The van der Waals surface area contributed by atoms with E-state index in [0.29, 0.717) is 5.91 Å². The number of likely N-dealkylation sites (N-methyl/N-ethyl adjacent to an activating group) is 1. The molecule has 2 aliphatic rings. The van der Waals surface area contributed by atoms with E-state index >= 15 is 0 Å². The van der Waals surface area contributed by atoms with Crippen LogP contribution in [0.25, 0.3) is 0 Å². The highest BCUT2D eigenvalue weighted by atomic mass is 32.2. The van der Waals surface area contributed by atoms with Gasteiger partial charge in [0.2, 0.25) is 5.91 Å². The van der Waals surface area contributed by atoms with Gasteiger partial charge in [-0.15, -0.1) is 11.8 Å². The van der Waals surface area contributed by atoms with Crippen molar-refractivity contribution in [2.45, 2.75) is 39.2 Å². The maximum Gasteiger partial charge on any atom is 0.240 e. The first-order chi connectivity index (χ1) is 11.2. The number of rotatable bonds is 3. The maximum atomic E-state index is 12.5. The molecule has 1 aromatic carbocycles. The van der Waals surface area contributed by atoms with Crippen molar-refractivity contribution >= 4 is 17.7 Å². The highest BCUT2D eigenvalue weighted by molar-refractivity contribution is 7.99. The van der Waals surface area contributed by atoms with E-state index in [0.717, 1.165) is 49.9 Å². The lowest BCUT2D eigenvalue weighted by Gasteiger charge is -2.34. The largest absolute Gasteiger partial charge is 0.341 e. The third-order valence-corrected chi connectivity index (χ3v) is 5.82. The molecule has 0 aliphatic carbocycles. The van der Waals surface area contributed by atoms with E-state index in [4.69, 9.17) is 0 Å². The van der Waals surface area contributed by atoms with Crippen molar-refractivity contribution in [3.8, 4) is 0 Å². The minimum atomic E-state index is 0.112. The Morgan fingerprint density at radius 3 is 2.39 bits per heavy atom. The normalized spacial score (nSPS) is 22.6. The van der Waals surface area contributed by atoms with E-state index in [9.17, 15) is 4.79 Å². The lowest BCUT2D eigenvalue weighted by atomic mass is 9.90. The summed E-state index contributed by atoms with van der Waals surface area (Å²) in [6, 6.07) is 10.8. The molecule has 23 heavy (non-hydrogen) atoms. The first-order valence-electron chi connectivity index (χ1n) is 8.85. The second kappa shape index (κ2) is 9.33. The number of thioether (sulfide) groups is 1. The fourth-order valence-corrected chi connectivity index (χ4v) is 4.49. The zero-order chi connectivity index (χ0) is 16.7. The van der Waals surface area contributed by atoms with E-state index in [1.165, 1.54) is 5.56 Å². The number of likely N-dealkylation sites (tertiary alicyclic amines) is 1. The van der Waals surface area contributed by atoms with Crippen molar-refractivity contribution in [2.24, 2.45) is 5.92 Å². The number of amides is 1. The second-order valence-corrected chi connectivity index (χ2v) is 7.23. The van der Waals surface area contributed by atoms with Crippen LogP contribution in [0.15, 0.2) is 30.3 Å². The number of carbonyl (C=O) groups is 1. The zero-order valence-corrected chi connectivity index (χ0v) is 15.5. The summed E-state index contributed by atoms with van der Waals surface area (Å²) in [6.45, 7) is 5.87. The average molecular weight is 335 g/mol. The Kier molecular flexibility index (Phi) is 7.44. The van der Waals surface area contributed by atoms with Gasteiger partial charge in [-0.1, -0.05) is 44.2 Å². The summed E-state index contributed by atoms with van der Waals surface area (Å²) in [6.07, 6.45) is 3.44. The molecule has 3 nitrogen and oxygen atoms in total. The zero-order valence-electron chi connectivity index (χ0n) is 14.7. The highest BCUT2D eigenvalue weighted by Gasteiger charge is 2.33. The first-order valence-corrected chi connectivity index (χ1v) is 10.00. The highest BCUT2D eigenvalue weighted by Crippen LogP contribution is 2.25. The Morgan fingerprint density at radius 2 is 1.83 bits per heavy atom. The summed E-state index contributed by atoms with van der Waals surface area (Å²) < 4.78 is 0. The minimum absolute atomic E-state index is 0.112. The number of nitrogens with zero attached hydrogens (tertiary/aromatic N) is 2. The molecule has 0 spiro atoms. The van der Waals surface area contributed by atoms with Crippen molar-refractivity contribution in [1.29, 1.82) is 0 Å². The van der Waals surface area contributed by atoms with Gasteiger partial charge in [-0.25, -0.2) is 0 Å². The van der Waals surface area contributed by atoms with Gasteiger partial charge in [0, 0.05) is 24.7 Å². The second-order valence-electron chi connectivity index (χ2n) is 6.23. The van der Waals surface area contributed by atoms with Crippen LogP contribution in [-0.2, 0) is 11.2 Å². The van der Waals surface area contributed by atoms with Crippen LogP contribution in [0.2, 0.25) is 0 Å². The van der Waals surface area contributed by atoms with E-state index in [2.05, 4.69) is 47.2 Å². The van der Waals surface area contributed by atoms with Crippen molar-refractivity contribution in [3.05, 3.63) is 35.9 Å². The Bertz CT molecular complexity index is 472. The first kappa shape index (κ1) is 18.3. The smallest absolute Gasteiger partial charge is 0.240 e. The molecule has 2 aliphatic heterocycles. The number of benzene rings is 1. The molecule has 0 bridgehead atoms. The van der Waals surface area contributed by atoms with E-state index in [-0.39, 0.29) is 6.04 Å². The molecule has 2 saturated heterocycles. The molecule has 2 fully saturated rings. The van der Waals surface area contributed by atoms with Gasteiger partial charge in [0.05, 0.1) is 6.04 Å². The summed E-state index contributed by atoms with van der Waals surface area (Å²) in [4.78, 5) is 16.8. The van der Waals surface area contributed by atoms with Gasteiger partial charge in [0.1, 0.15) is 0 Å². The summed E-state index contributed by atoms with van der Waals surface area (Å²) in [5.74, 6) is 3.02. The van der Waals surface area contributed by atoms with Gasteiger partial charge in [0.25, 0.3) is 0 Å². The molecular weight excluding hydrogens is 304 g/mol. The molecule has 1 atom stereocenters. The molecule has 0 N–H and O–H groups in total. The fourth-order valence-electron chi connectivity index (χ4n) is 3.30. The lowest BCUT2D eigenvalue weighted by Crippen LogP contribution is -2.48. The molecule has 128 valence electrons. The van der Waals surface area contributed by atoms with Gasteiger partial charge < -0.3 is 4.90 Å². The molecule has 4 heteroatoms. The third-order valence-electron chi connectivity index (χ3n) is 4.68. The lowest BCUT2D eigenvalue weighted by molar-refractivity contribution is -0.136. The van der Waals surface area contributed by atoms with Gasteiger partial charge in [-0.05, 0) is 37.8 Å². The number of hydrogen-bond donors (Lipinski definition) is 0. The average Bonchev–Trinajstić information content (AvgIpc) is 3.04. The summed E-state index contributed by atoms with van der Waals surface area (Å²) in [5.41, 5.74) is 1.43. The van der Waals surface area contributed by atoms with Crippen LogP contribution in [0.3, 0.4) is 0 Å². The van der Waals surface area contributed by atoms with Gasteiger partial charge >= 0.3 is 0 Å². The van der Waals surface area contributed by atoms with Crippen molar-refractivity contribution in [3.63, 3.8) is 0 Å². The Labute approximate surface area is 145 Å². The minimum Gasteiger partial charge on any atom is -0.341 e. The molecular formula is C19H30N2OS. The monoisotopic (exact) mass is 334 g/mol. The fraction of sp³-hybridized carbons (Fsp3) is 0.632. The number of carbonyl (C=O) groups excluding carboxylic acids is 1. The van der Waals surface area contributed by atoms with Crippen LogP contribution in [0.1, 0.15) is 32.3 Å². The molecule has 0 aromatic heterocycles. The molecule has 1 amide bonds. The standard InChI is InChI=1S/C17H24N2OS.C2H6/c1-18-13-21-12-16(18)17(20)19-9-7-15(8-10-19)11-14-5-3-2-4-6-14;1-2/h2-6,15-16H,7-13H2,1H3;1-2H3/t16-;/m0./s1.